The van der Waals surface area contributed by atoms with E-state index in [4.69, 9.17) is 10.5 Å². The van der Waals surface area contributed by atoms with Crippen LogP contribution in [-0.2, 0) is 14.6 Å². The molecule has 0 heterocycles. The zero-order valence-electron chi connectivity index (χ0n) is 11.2. The van der Waals surface area contributed by atoms with Crippen LogP contribution in [0.15, 0.2) is 29.2 Å². The molecule has 0 bridgehead atoms. The Morgan fingerprint density at radius 3 is 2.37 bits per heavy atom. The molecular formula is C13H21NO4S. The van der Waals surface area contributed by atoms with Crippen molar-refractivity contribution < 1.29 is 18.3 Å². The van der Waals surface area contributed by atoms with Gasteiger partial charge < -0.3 is 15.6 Å². The maximum Gasteiger partial charge on any atom is 0.175 e. The summed E-state index contributed by atoms with van der Waals surface area (Å²) in [5.74, 6) is 0. The second kappa shape index (κ2) is 7.00. The van der Waals surface area contributed by atoms with Gasteiger partial charge in [-0.3, -0.25) is 0 Å². The summed E-state index contributed by atoms with van der Waals surface area (Å²) >= 11 is 0. The quantitative estimate of drug-likeness (QED) is 0.777. The number of hydrogen-bond donors (Lipinski definition) is 2. The van der Waals surface area contributed by atoms with E-state index in [1.165, 1.54) is 12.1 Å². The first-order valence-electron chi connectivity index (χ1n) is 6.07. The fourth-order valence-corrected chi connectivity index (χ4v) is 2.38. The maximum atomic E-state index is 11.3. The molecule has 1 rings (SSSR count). The van der Waals surface area contributed by atoms with E-state index in [2.05, 4.69) is 0 Å². The van der Waals surface area contributed by atoms with E-state index >= 15 is 0 Å². The highest BCUT2D eigenvalue weighted by atomic mass is 32.2. The summed E-state index contributed by atoms with van der Waals surface area (Å²) in [6.07, 6.45) is 1.55. The van der Waals surface area contributed by atoms with Crippen LogP contribution in [0.1, 0.15) is 24.5 Å². The molecule has 0 aliphatic rings. The van der Waals surface area contributed by atoms with Crippen LogP contribution in [0, 0.1) is 0 Å². The molecule has 0 saturated carbocycles. The molecule has 3 N–H and O–H groups in total. The molecule has 0 radical (unpaired) electrons. The van der Waals surface area contributed by atoms with Gasteiger partial charge >= 0.3 is 0 Å². The Hall–Kier alpha value is -0.950. The Kier molecular flexibility index (Phi) is 5.93. The van der Waals surface area contributed by atoms with Crippen molar-refractivity contribution in [2.45, 2.75) is 29.9 Å². The Labute approximate surface area is 114 Å². The number of methoxy groups -OCH3 is 1. The first-order valence-corrected chi connectivity index (χ1v) is 7.96. The number of hydrogen-bond acceptors (Lipinski definition) is 5. The van der Waals surface area contributed by atoms with Crippen LogP contribution in [0.2, 0.25) is 0 Å². The summed E-state index contributed by atoms with van der Waals surface area (Å²) < 4.78 is 27.6. The van der Waals surface area contributed by atoms with Crippen molar-refractivity contribution in [2.75, 3.05) is 20.0 Å². The summed E-state index contributed by atoms with van der Waals surface area (Å²) in [5.41, 5.74) is 6.53. The molecule has 0 saturated heterocycles. The van der Waals surface area contributed by atoms with E-state index in [0.717, 1.165) is 6.26 Å². The summed E-state index contributed by atoms with van der Waals surface area (Å²) in [7, 11) is -1.60. The molecular weight excluding hydrogens is 266 g/mol. The van der Waals surface area contributed by atoms with Crippen molar-refractivity contribution in [3.05, 3.63) is 29.8 Å². The molecule has 19 heavy (non-hydrogen) atoms. The standard InChI is InChI=1S/C13H21NO4S/c1-18-8-7-11(14)9-13(15)10-3-5-12(6-4-10)19(2,16)17/h3-6,11,13,15H,7-9,14H2,1-2H3. The first-order chi connectivity index (χ1) is 8.84. The van der Waals surface area contributed by atoms with Gasteiger partial charge in [-0.15, -0.1) is 0 Å². The molecule has 1 aromatic rings. The van der Waals surface area contributed by atoms with Crippen molar-refractivity contribution in [3.8, 4) is 0 Å². The highest BCUT2D eigenvalue weighted by Gasteiger charge is 2.14. The van der Waals surface area contributed by atoms with E-state index in [9.17, 15) is 13.5 Å². The van der Waals surface area contributed by atoms with E-state index < -0.39 is 15.9 Å². The van der Waals surface area contributed by atoms with Crippen LogP contribution < -0.4 is 5.73 Å². The number of sulfone groups is 1. The van der Waals surface area contributed by atoms with Gasteiger partial charge in [0, 0.05) is 26.0 Å². The average Bonchev–Trinajstić information content (AvgIpc) is 2.35. The van der Waals surface area contributed by atoms with Crippen molar-refractivity contribution >= 4 is 9.84 Å². The third-order valence-corrected chi connectivity index (χ3v) is 4.04. The van der Waals surface area contributed by atoms with E-state index in [-0.39, 0.29) is 10.9 Å². The van der Waals surface area contributed by atoms with Gasteiger partial charge in [0.05, 0.1) is 11.0 Å². The Morgan fingerprint density at radius 1 is 1.32 bits per heavy atom. The van der Waals surface area contributed by atoms with Crippen molar-refractivity contribution in [1.29, 1.82) is 0 Å². The summed E-state index contributed by atoms with van der Waals surface area (Å²) in [6, 6.07) is 6.07. The molecule has 6 heteroatoms. The molecule has 0 aliphatic heterocycles. The van der Waals surface area contributed by atoms with Crippen molar-refractivity contribution in [2.24, 2.45) is 5.73 Å². The molecule has 0 fully saturated rings. The van der Waals surface area contributed by atoms with Crippen LogP contribution in [0.5, 0.6) is 0 Å². The van der Waals surface area contributed by atoms with Gasteiger partial charge in [0.2, 0.25) is 0 Å². The summed E-state index contributed by atoms with van der Waals surface area (Å²) in [5, 5.41) is 10.0. The normalized spacial score (nSPS) is 15.2. The fourth-order valence-electron chi connectivity index (χ4n) is 1.75. The highest BCUT2D eigenvalue weighted by molar-refractivity contribution is 7.90. The first kappa shape index (κ1) is 16.1. The number of ether oxygens (including phenoxy) is 1. The van der Waals surface area contributed by atoms with E-state index in [1.54, 1.807) is 19.2 Å². The van der Waals surface area contributed by atoms with Gasteiger partial charge in [-0.05, 0) is 30.5 Å². The monoisotopic (exact) mass is 287 g/mol. The van der Waals surface area contributed by atoms with Crippen LogP contribution >= 0.6 is 0 Å². The topological polar surface area (TPSA) is 89.6 Å². The number of rotatable bonds is 7. The lowest BCUT2D eigenvalue weighted by Crippen LogP contribution is -2.24. The second-order valence-electron chi connectivity index (χ2n) is 4.63. The SMILES string of the molecule is COCCC(N)CC(O)c1ccc(S(C)(=O)=O)cc1. The van der Waals surface area contributed by atoms with E-state index in [1.807, 2.05) is 0 Å². The number of nitrogens with two attached hydrogens (primary N) is 1. The van der Waals surface area contributed by atoms with Gasteiger partial charge in [-0.2, -0.15) is 0 Å². The third-order valence-electron chi connectivity index (χ3n) is 2.91. The minimum Gasteiger partial charge on any atom is -0.388 e. The van der Waals surface area contributed by atoms with Gasteiger partial charge in [-0.1, -0.05) is 12.1 Å². The van der Waals surface area contributed by atoms with Crippen molar-refractivity contribution in [3.63, 3.8) is 0 Å². The van der Waals surface area contributed by atoms with Gasteiger partial charge in [-0.25, -0.2) is 8.42 Å². The summed E-state index contributed by atoms with van der Waals surface area (Å²) in [6.45, 7) is 0.556. The predicted octanol–water partition coefficient (Wildman–Crippen LogP) is 0.877. The third kappa shape index (κ3) is 5.28. The Bertz CT molecular complexity index is 484. The van der Waals surface area contributed by atoms with Crippen LogP contribution in [-0.4, -0.2) is 39.5 Å². The zero-order chi connectivity index (χ0) is 14.5. The lowest BCUT2D eigenvalue weighted by Gasteiger charge is -2.16. The summed E-state index contributed by atoms with van der Waals surface area (Å²) in [4.78, 5) is 0.243. The molecule has 2 atom stereocenters. The van der Waals surface area contributed by atoms with Crippen LogP contribution in [0.3, 0.4) is 0 Å². The molecule has 2 unspecified atom stereocenters. The van der Waals surface area contributed by atoms with Gasteiger partial charge in [0.1, 0.15) is 0 Å². The molecule has 0 aromatic heterocycles. The largest absolute Gasteiger partial charge is 0.388 e. The Balaban J connectivity index is 2.65. The molecule has 5 nitrogen and oxygen atoms in total. The molecule has 0 aliphatic carbocycles. The smallest absolute Gasteiger partial charge is 0.175 e. The molecule has 1 aromatic carbocycles. The van der Waals surface area contributed by atoms with Crippen molar-refractivity contribution in [1.82, 2.24) is 0 Å². The molecule has 108 valence electrons. The van der Waals surface area contributed by atoms with Crippen LogP contribution in [0.25, 0.3) is 0 Å². The van der Waals surface area contributed by atoms with Gasteiger partial charge in [0.15, 0.2) is 9.84 Å². The maximum absolute atomic E-state index is 11.3. The number of benzene rings is 1. The average molecular weight is 287 g/mol. The highest BCUT2D eigenvalue weighted by Crippen LogP contribution is 2.20. The Morgan fingerprint density at radius 2 is 1.89 bits per heavy atom. The molecule has 0 amide bonds. The fraction of sp³-hybridized carbons (Fsp3) is 0.538. The lowest BCUT2D eigenvalue weighted by atomic mass is 10.0. The lowest BCUT2D eigenvalue weighted by molar-refractivity contribution is 0.141. The van der Waals surface area contributed by atoms with E-state index in [0.29, 0.717) is 25.0 Å². The zero-order valence-corrected chi connectivity index (χ0v) is 12.1. The van der Waals surface area contributed by atoms with Gasteiger partial charge in [0.25, 0.3) is 0 Å². The minimum absolute atomic E-state index is 0.149. The molecule has 0 spiro atoms. The van der Waals surface area contributed by atoms with Crippen LogP contribution in [0.4, 0.5) is 0 Å². The number of aliphatic hydroxyl groups is 1. The number of aliphatic hydroxyl groups excluding tert-OH is 1. The second-order valence-corrected chi connectivity index (χ2v) is 6.65. The minimum atomic E-state index is -3.20. The predicted molar refractivity (Wildman–Crippen MR) is 73.6 cm³/mol.